The molecule has 2 heterocycles. The van der Waals surface area contributed by atoms with Crippen molar-refractivity contribution in [3.8, 4) is 16.9 Å². The number of nitrogens with two attached hydrogens (primary N) is 3. The van der Waals surface area contributed by atoms with Crippen LogP contribution in [0.3, 0.4) is 0 Å². The first-order valence-corrected chi connectivity index (χ1v) is 14.0. The van der Waals surface area contributed by atoms with Gasteiger partial charge in [0, 0.05) is 16.3 Å². The van der Waals surface area contributed by atoms with Crippen LogP contribution >= 0.6 is 11.6 Å². The normalized spacial score (nSPS) is 11.3. The summed E-state index contributed by atoms with van der Waals surface area (Å²) in [7, 11) is -8.62. The zero-order valence-electron chi connectivity index (χ0n) is 20.2. The number of rotatable bonds is 7. The van der Waals surface area contributed by atoms with Gasteiger partial charge in [0.25, 0.3) is 10.0 Å². The lowest BCUT2D eigenvalue weighted by molar-refractivity contribution is 0.385. The van der Waals surface area contributed by atoms with Gasteiger partial charge in [0.05, 0.1) is 23.0 Å². The van der Waals surface area contributed by atoms with Crippen LogP contribution in [0.1, 0.15) is 12.6 Å². The van der Waals surface area contributed by atoms with Gasteiger partial charge in [-0.1, -0.05) is 30.7 Å². The number of nitrogen functional groups attached to an aromatic ring is 3. The first-order valence-electron chi connectivity index (χ1n) is 10.8. The minimum absolute atomic E-state index is 0.0523. The van der Waals surface area contributed by atoms with Gasteiger partial charge < -0.3 is 21.4 Å². The SMILES string of the molecule is CCc1nc(N)nc(N)c1-c1ccc(Cl)cc1.Nc1ccc(S(=O)(=O)Nc2ncc(OS(=O)(=O)O)cn2)cc1. The van der Waals surface area contributed by atoms with Crippen LogP contribution in [0.2, 0.25) is 5.02 Å². The van der Waals surface area contributed by atoms with Crippen molar-refractivity contribution >= 4 is 55.4 Å². The molecule has 0 fully saturated rings. The van der Waals surface area contributed by atoms with Crippen LogP contribution in [0.15, 0.2) is 65.8 Å². The molecule has 8 N–H and O–H groups in total. The third-order valence-corrected chi connectivity index (χ3v) is 6.74. The zero-order valence-corrected chi connectivity index (χ0v) is 22.6. The molecule has 0 bridgehead atoms. The number of hydrogen-bond acceptors (Lipinski definition) is 12. The van der Waals surface area contributed by atoms with Crippen LogP contribution in [0, 0.1) is 0 Å². The van der Waals surface area contributed by atoms with E-state index in [0.29, 0.717) is 16.5 Å². The number of nitrogens with one attached hydrogen (secondary N) is 1. The third kappa shape index (κ3) is 8.37. The van der Waals surface area contributed by atoms with Crippen molar-refractivity contribution in [1.82, 2.24) is 19.9 Å². The van der Waals surface area contributed by atoms with Gasteiger partial charge in [-0.25, -0.2) is 28.1 Å². The summed E-state index contributed by atoms with van der Waals surface area (Å²) in [5.74, 6) is -0.0776. The van der Waals surface area contributed by atoms with E-state index in [4.69, 9.17) is 33.4 Å². The highest BCUT2D eigenvalue weighted by Gasteiger charge is 2.16. The Labute approximate surface area is 229 Å². The third-order valence-electron chi connectivity index (χ3n) is 4.74. The molecule has 17 heteroatoms. The van der Waals surface area contributed by atoms with Crippen molar-refractivity contribution in [3.63, 3.8) is 0 Å². The maximum Gasteiger partial charge on any atom is 0.446 e. The molecule has 0 radical (unpaired) electrons. The predicted molar refractivity (Wildman–Crippen MR) is 147 cm³/mol. The molecule has 39 heavy (non-hydrogen) atoms. The molecule has 2 aromatic heterocycles. The molecule has 14 nitrogen and oxygen atoms in total. The Morgan fingerprint density at radius 3 is 2.05 bits per heavy atom. The topological polar surface area (TPSA) is 239 Å². The van der Waals surface area contributed by atoms with Gasteiger partial charge in [-0.3, -0.25) is 4.55 Å². The van der Waals surface area contributed by atoms with Crippen molar-refractivity contribution in [2.45, 2.75) is 18.2 Å². The number of anilines is 4. The molecule has 0 amide bonds. The molecule has 0 saturated carbocycles. The van der Waals surface area contributed by atoms with Gasteiger partial charge in [0.2, 0.25) is 11.9 Å². The fourth-order valence-electron chi connectivity index (χ4n) is 3.09. The monoisotopic (exact) mass is 594 g/mol. The maximum absolute atomic E-state index is 12.0. The van der Waals surface area contributed by atoms with Gasteiger partial charge >= 0.3 is 10.4 Å². The summed E-state index contributed by atoms with van der Waals surface area (Å²) in [5.41, 5.74) is 20.0. The Morgan fingerprint density at radius 2 is 1.51 bits per heavy atom. The average molecular weight is 595 g/mol. The van der Waals surface area contributed by atoms with Crippen LogP contribution in [-0.2, 0) is 26.8 Å². The summed E-state index contributed by atoms with van der Waals surface area (Å²) >= 11 is 5.86. The van der Waals surface area contributed by atoms with E-state index in [9.17, 15) is 16.8 Å². The quantitative estimate of drug-likeness (QED) is 0.153. The lowest BCUT2D eigenvalue weighted by Crippen LogP contribution is -2.15. The molecule has 0 atom stereocenters. The molecule has 4 rings (SSSR count). The van der Waals surface area contributed by atoms with Gasteiger partial charge in [0.1, 0.15) is 5.82 Å². The van der Waals surface area contributed by atoms with E-state index in [1.54, 1.807) is 0 Å². The average Bonchev–Trinajstić information content (AvgIpc) is 2.85. The molecule has 0 aliphatic rings. The van der Waals surface area contributed by atoms with Crippen LogP contribution in [-0.4, -0.2) is 41.3 Å². The Kier molecular flexibility index (Phi) is 9.08. The molecule has 4 aromatic rings. The summed E-state index contributed by atoms with van der Waals surface area (Å²) in [6, 6.07) is 12.8. The number of hydrogen-bond donors (Lipinski definition) is 5. The van der Waals surface area contributed by atoms with E-state index in [-0.39, 0.29) is 22.5 Å². The fraction of sp³-hybridized carbons (Fsp3) is 0.0909. The van der Waals surface area contributed by atoms with Crippen molar-refractivity contribution in [1.29, 1.82) is 0 Å². The smallest absolute Gasteiger partial charge is 0.399 e. The van der Waals surface area contributed by atoms with E-state index in [0.717, 1.165) is 35.6 Å². The van der Waals surface area contributed by atoms with Crippen molar-refractivity contribution in [2.75, 3.05) is 21.9 Å². The van der Waals surface area contributed by atoms with Gasteiger partial charge in [-0.15, -0.1) is 0 Å². The largest absolute Gasteiger partial charge is 0.446 e. The second kappa shape index (κ2) is 12.1. The molecule has 0 unspecified atom stereocenters. The predicted octanol–water partition coefficient (Wildman–Crippen LogP) is 2.56. The van der Waals surface area contributed by atoms with Crippen LogP contribution in [0.5, 0.6) is 5.75 Å². The molecule has 0 spiro atoms. The van der Waals surface area contributed by atoms with Crippen molar-refractivity contribution in [2.24, 2.45) is 0 Å². The fourth-order valence-corrected chi connectivity index (χ4v) is 4.51. The van der Waals surface area contributed by atoms with E-state index in [1.165, 1.54) is 24.3 Å². The molecule has 0 saturated heterocycles. The van der Waals surface area contributed by atoms with Crippen LogP contribution in [0.25, 0.3) is 11.1 Å². The first-order chi connectivity index (χ1) is 18.3. The van der Waals surface area contributed by atoms with Gasteiger partial charge in [0.15, 0.2) is 5.75 Å². The van der Waals surface area contributed by atoms with Gasteiger partial charge in [-0.05, 0) is 48.4 Å². The molecular weight excluding hydrogens is 572 g/mol. The minimum Gasteiger partial charge on any atom is -0.399 e. The Bertz CT molecular complexity index is 1650. The van der Waals surface area contributed by atoms with Crippen molar-refractivity contribution < 1.29 is 25.6 Å². The number of aryl methyl sites for hydroxylation is 1. The first kappa shape index (κ1) is 29.3. The summed E-state index contributed by atoms with van der Waals surface area (Å²) in [4.78, 5) is 15.3. The molecule has 0 aliphatic carbocycles. The molecule has 2 aromatic carbocycles. The summed E-state index contributed by atoms with van der Waals surface area (Å²) < 4.78 is 59.7. The van der Waals surface area contributed by atoms with Crippen LogP contribution in [0.4, 0.5) is 23.4 Å². The van der Waals surface area contributed by atoms with E-state index < -0.39 is 20.4 Å². The van der Waals surface area contributed by atoms with Crippen molar-refractivity contribution in [3.05, 3.63) is 71.6 Å². The summed E-state index contributed by atoms with van der Waals surface area (Å²) in [5, 5.41) is 0.682. The molecule has 0 aliphatic heterocycles. The van der Waals surface area contributed by atoms with E-state index in [1.807, 2.05) is 31.2 Å². The second-order valence-corrected chi connectivity index (χ2v) is 10.7. The Balaban J connectivity index is 0.000000223. The maximum atomic E-state index is 12.0. The highest BCUT2D eigenvalue weighted by molar-refractivity contribution is 7.92. The highest BCUT2D eigenvalue weighted by Crippen LogP contribution is 2.29. The second-order valence-electron chi connectivity index (χ2n) is 7.58. The number of halogens is 1. The minimum atomic E-state index is -4.70. The van der Waals surface area contributed by atoms with Crippen LogP contribution < -0.4 is 26.1 Å². The number of benzene rings is 2. The Hall–Kier alpha value is -4.25. The summed E-state index contributed by atoms with van der Waals surface area (Å²) in [6.07, 6.45) is 2.50. The molecule has 206 valence electrons. The Morgan fingerprint density at radius 1 is 0.923 bits per heavy atom. The number of sulfonamides is 1. The van der Waals surface area contributed by atoms with E-state index in [2.05, 4.69) is 28.8 Å². The number of nitrogens with zero attached hydrogens (tertiary/aromatic N) is 4. The van der Waals surface area contributed by atoms with Gasteiger partial charge in [-0.2, -0.15) is 13.4 Å². The zero-order chi connectivity index (χ0) is 28.8. The van der Waals surface area contributed by atoms with E-state index >= 15 is 0 Å². The lowest BCUT2D eigenvalue weighted by atomic mass is 10.0. The lowest BCUT2D eigenvalue weighted by Gasteiger charge is -2.10. The molecular formula is C22H23ClN8O6S2. The summed E-state index contributed by atoms with van der Waals surface area (Å²) in [6.45, 7) is 2.00. The highest BCUT2D eigenvalue weighted by atomic mass is 35.5. The standard InChI is InChI=1S/C12H13ClN4.C10H10N4O6S2/c1-2-9-10(11(14)17-12(15)16-9)7-3-5-8(13)6-4-7;11-7-1-3-9(4-2-7)21(15,16)14-10-12-5-8(6-13-10)20-22(17,18)19/h3-6H,2H2,1H3,(H4,14,15,16,17);1-6H,11H2,(H,12,13,14)(H,17,18,19). The number of aromatic nitrogens is 4.